The second kappa shape index (κ2) is 7.05. The third-order valence-corrected chi connectivity index (χ3v) is 6.67. The van der Waals surface area contributed by atoms with Gasteiger partial charge in [0.15, 0.2) is 0 Å². The molecule has 0 aliphatic heterocycles. The van der Waals surface area contributed by atoms with E-state index < -0.39 is 0 Å². The molecule has 0 spiro atoms. The summed E-state index contributed by atoms with van der Waals surface area (Å²) >= 11 is 1.74. The van der Waals surface area contributed by atoms with Crippen molar-refractivity contribution in [2.45, 2.75) is 50.8 Å². The van der Waals surface area contributed by atoms with Crippen molar-refractivity contribution in [3.8, 4) is 16.9 Å². The van der Waals surface area contributed by atoms with Crippen LogP contribution < -0.4 is 10.3 Å². The summed E-state index contributed by atoms with van der Waals surface area (Å²) in [4.78, 5) is 14.0. The van der Waals surface area contributed by atoms with Crippen molar-refractivity contribution in [3.63, 3.8) is 0 Å². The van der Waals surface area contributed by atoms with Crippen LogP contribution in [0.5, 0.6) is 5.75 Å². The molecule has 0 N–H and O–H groups in total. The molecule has 0 radical (unpaired) electrons. The molecule has 0 amide bonds. The van der Waals surface area contributed by atoms with Gasteiger partial charge in [-0.1, -0.05) is 13.8 Å². The fourth-order valence-electron chi connectivity index (χ4n) is 4.02. The first-order valence-corrected chi connectivity index (χ1v) is 11.1. The molecule has 0 saturated heterocycles. The first kappa shape index (κ1) is 18.7. The summed E-state index contributed by atoms with van der Waals surface area (Å²) in [5, 5.41) is 0. The van der Waals surface area contributed by atoms with Crippen LogP contribution >= 0.6 is 11.8 Å². The Morgan fingerprint density at radius 3 is 2.70 bits per heavy atom. The smallest absolute Gasteiger partial charge is 0.253 e. The maximum atomic E-state index is 12.8. The van der Waals surface area contributed by atoms with E-state index in [1.54, 1.807) is 16.3 Å². The molecule has 144 valence electrons. The van der Waals surface area contributed by atoms with Gasteiger partial charge in [0, 0.05) is 34.8 Å². The first-order chi connectivity index (χ1) is 12.9. The average molecular weight is 384 g/mol. The highest BCUT2D eigenvalue weighted by Gasteiger charge is 2.30. The van der Waals surface area contributed by atoms with Gasteiger partial charge in [0.05, 0.1) is 6.61 Å². The molecule has 2 aliphatic rings. The molecular formula is C23H29NO2S. The van der Waals surface area contributed by atoms with Gasteiger partial charge in [0.1, 0.15) is 5.75 Å². The number of benzene rings is 1. The summed E-state index contributed by atoms with van der Waals surface area (Å²) in [7, 11) is 1.87. The van der Waals surface area contributed by atoms with Crippen molar-refractivity contribution < 1.29 is 4.74 Å². The summed E-state index contributed by atoms with van der Waals surface area (Å²) in [6.07, 6.45) is 9.55. The predicted octanol–water partition coefficient (Wildman–Crippen LogP) is 5.08. The normalized spacial score (nSPS) is 18.2. The van der Waals surface area contributed by atoms with Gasteiger partial charge < -0.3 is 9.30 Å². The van der Waals surface area contributed by atoms with Crippen LogP contribution in [0.15, 0.2) is 34.1 Å². The van der Waals surface area contributed by atoms with Crippen molar-refractivity contribution in [3.05, 3.63) is 45.9 Å². The Hall–Kier alpha value is -1.68. The summed E-state index contributed by atoms with van der Waals surface area (Å²) in [6, 6.07) is 6.47. The van der Waals surface area contributed by atoms with E-state index >= 15 is 0 Å². The molecule has 1 aromatic heterocycles. The standard InChI is InChI=1S/C23H29NO2S/c1-23(2)10-9-17-19(12-23)20(13-24(3)22(17)25)18-11-16(27-4)7-8-21(18)26-14-15-5-6-15/h7-8,11,13,15H,5-6,9-10,12,14H2,1-4H3. The van der Waals surface area contributed by atoms with Crippen LogP contribution in [-0.2, 0) is 19.9 Å². The highest BCUT2D eigenvalue weighted by molar-refractivity contribution is 7.98. The zero-order valence-electron chi connectivity index (χ0n) is 16.8. The summed E-state index contributed by atoms with van der Waals surface area (Å²) in [5.41, 5.74) is 4.90. The molecule has 2 aromatic rings. The molecule has 2 aliphatic carbocycles. The molecule has 1 aromatic carbocycles. The lowest BCUT2D eigenvalue weighted by Crippen LogP contribution is -2.31. The van der Waals surface area contributed by atoms with Gasteiger partial charge in [-0.2, -0.15) is 0 Å². The molecule has 1 fully saturated rings. The zero-order valence-corrected chi connectivity index (χ0v) is 17.6. The number of thioether (sulfide) groups is 1. The van der Waals surface area contributed by atoms with Crippen molar-refractivity contribution in [1.82, 2.24) is 4.57 Å². The van der Waals surface area contributed by atoms with E-state index in [4.69, 9.17) is 4.74 Å². The van der Waals surface area contributed by atoms with E-state index in [0.29, 0.717) is 5.92 Å². The molecule has 4 rings (SSSR count). The van der Waals surface area contributed by atoms with E-state index in [-0.39, 0.29) is 11.0 Å². The summed E-state index contributed by atoms with van der Waals surface area (Å²) in [5.74, 6) is 1.66. The van der Waals surface area contributed by atoms with Gasteiger partial charge in [-0.05, 0) is 73.5 Å². The van der Waals surface area contributed by atoms with Crippen molar-refractivity contribution >= 4 is 11.8 Å². The maximum absolute atomic E-state index is 12.8. The molecule has 1 saturated carbocycles. The number of aryl methyl sites for hydroxylation is 1. The lowest BCUT2D eigenvalue weighted by Gasteiger charge is -2.33. The molecule has 3 nitrogen and oxygen atoms in total. The van der Waals surface area contributed by atoms with Gasteiger partial charge in [-0.15, -0.1) is 11.8 Å². The van der Waals surface area contributed by atoms with Crippen molar-refractivity contribution in [2.24, 2.45) is 18.4 Å². The molecule has 0 unspecified atom stereocenters. The number of fused-ring (bicyclic) bond motifs is 1. The zero-order chi connectivity index (χ0) is 19.2. The van der Waals surface area contributed by atoms with Crippen LogP contribution in [0.25, 0.3) is 11.1 Å². The van der Waals surface area contributed by atoms with E-state index in [0.717, 1.165) is 42.7 Å². The molecule has 4 heteroatoms. The number of hydrogen-bond donors (Lipinski definition) is 0. The highest BCUT2D eigenvalue weighted by atomic mass is 32.2. The topological polar surface area (TPSA) is 31.2 Å². The Morgan fingerprint density at radius 2 is 2.00 bits per heavy atom. The number of hydrogen-bond acceptors (Lipinski definition) is 3. The van der Waals surface area contributed by atoms with E-state index in [1.807, 2.05) is 13.2 Å². The Morgan fingerprint density at radius 1 is 1.22 bits per heavy atom. The SMILES string of the molecule is CSc1ccc(OCC2CC2)c(-c2cn(C)c(=O)c3c2CC(C)(C)CC3)c1. The van der Waals surface area contributed by atoms with E-state index in [1.165, 1.54) is 28.9 Å². The fourth-order valence-corrected chi connectivity index (χ4v) is 4.46. The third-order valence-electron chi connectivity index (χ3n) is 5.95. The molecular weight excluding hydrogens is 354 g/mol. The minimum absolute atomic E-state index is 0.158. The van der Waals surface area contributed by atoms with Gasteiger partial charge in [0.2, 0.25) is 0 Å². The first-order valence-electron chi connectivity index (χ1n) is 9.90. The quantitative estimate of drug-likeness (QED) is 0.675. The largest absolute Gasteiger partial charge is 0.493 e. The minimum Gasteiger partial charge on any atom is -0.493 e. The Bertz CT molecular complexity index is 925. The number of pyridine rings is 1. The van der Waals surface area contributed by atoms with Crippen LogP contribution in [0.1, 0.15) is 44.2 Å². The number of nitrogens with zero attached hydrogens (tertiary/aromatic N) is 1. The number of ether oxygens (including phenoxy) is 1. The monoisotopic (exact) mass is 383 g/mol. The van der Waals surface area contributed by atoms with E-state index in [2.05, 4.69) is 38.3 Å². The minimum atomic E-state index is 0.158. The van der Waals surface area contributed by atoms with Crippen molar-refractivity contribution in [1.29, 1.82) is 0 Å². The van der Waals surface area contributed by atoms with Gasteiger partial charge in [0.25, 0.3) is 5.56 Å². The molecule has 27 heavy (non-hydrogen) atoms. The van der Waals surface area contributed by atoms with Crippen molar-refractivity contribution in [2.75, 3.05) is 12.9 Å². The third kappa shape index (κ3) is 3.82. The Kier molecular flexibility index (Phi) is 4.87. The van der Waals surface area contributed by atoms with Gasteiger partial charge in [-0.3, -0.25) is 4.79 Å². The lowest BCUT2D eigenvalue weighted by atomic mass is 9.73. The highest BCUT2D eigenvalue weighted by Crippen LogP contribution is 2.42. The number of rotatable bonds is 5. The van der Waals surface area contributed by atoms with Crippen LogP contribution in [0, 0.1) is 11.3 Å². The second-order valence-corrected chi connectivity index (χ2v) is 9.75. The molecule has 0 atom stereocenters. The fraction of sp³-hybridized carbons (Fsp3) is 0.522. The second-order valence-electron chi connectivity index (χ2n) is 8.87. The summed E-state index contributed by atoms with van der Waals surface area (Å²) < 4.78 is 7.98. The van der Waals surface area contributed by atoms with Gasteiger partial charge >= 0.3 is 0 Å². The van der Waals surface area contributed by atoms with Crippen LogP contribution in [0.3, 0.4) is 0 Å². The predicted molar refractivity (Wildman–Crippen MR) is 113 cm³/mol. The Labute approximate surface area is 166 Å². The maximum Gasteiger partial charge on any atom is 0.253 e. The Balaban J connectivity index is 1.87. The number of aromatic nitrogens is 1. The van der Waals surface area contributed by atoms with Crippen LogP contribution in [0.4, 0.5) is 0 Å². The molecule has 1 heterocycles. The van der Waals surface area contributed by atoms with Crippen LogP contribution in [-0.4, -0.2) is 17.4 Å². The van der Waals surface area contributed by atoms with Gasteiger partial charge in [-0.25, -0.2) is 0 Å². The lowest BCUT2D eigenvalue weighted by molar-refractivity contribution is 0.300. The summed E-state index contributed by atoms with van der Waals surface area (Å²) in [6.45, 7) is 5.41. The van der Waals surface area contributed by atoms with E-state index in [9.17, 15) is 4.79 Å². The van der Waals surface area contributed by atoms with Crippen LogP contribution in [0.2, 0.25) is 0 Å². The molecule has 0 bridgehead atoms. The average Bonchev–Trinajstić information content (AvgIpc) is 3.46.